The predicted octanol–water partition coefficient (Wildman–Crippen LogP) is 5.91. The molecule has 3 aromatic rings. The summed E-state index contributed by atoms with van der Waals surface area (Å²) in [7, 11) is 0. The first-order chi connectivity index (χ1) is 15.1. The molecule has 1 heterocycles. The summed E-state index contributed by atoms with van der Waals surface area (Å²) >= 11 is 1.61. The quantitative estimate of drug-likeness (QED) is 0.529. The van der Waals surface area contributed by atoms with Gasteiger partial charge in [-0.3, -0.25) is 14.5 Å². The summed E-state index contributed by atoms with van der Waals surface area (Å²) in [5.41, 5.74) is 4.83. The molecule has 1 aliphatic heterocycles. The summed E-state index contributed by atoms with van der Waals surface area (Å²) in [6, 6.07) is 25.7. The van der Waals surface area contributed by atoms with Crippen molar-refractivity contribution in [3.05, 3.63) is 95.6 Å². The molecule has 4 rings (SSSR count). The Bertz CT molecular complexity index is 1070. The van der Waals surface area contributed by atoms with Crippen molar-refractivity contribution in [1.29, 1.82) is 0 Å². The highest BCUT2D eigenvalue weighted by atomic mass is 32.2. The second-order valence-corrected chi connectivity index (χ2v) is 8.82. The Hall–Kier alpha value is -3.05. The number of rotatable bonds is 6. The van der Waals surface area contributed by atoms with E-state index >= 15 is 0 Å². The first-order valence-corrected chi connectivity index (χ1v) is 11.6. The van der Waals surface area contributed by atoms with E-state index in [1.807, 2.05) is 97.6 Å². The molecule has 0 aromatic heterocycles. The van der Waals surface area contributed by atoms with E-state index in [1.54, 1.807) is 11.8 Å². The van der Waals surface area contributed by atoms with Crippen LogP contribution in [0.3, 0.4) is 0 Å². The third-order valence-electron chi connectivity index (χ3n) is 5.55. The molecule has 0 unspecified atom stereocenters. The molecule has 158 valence electrons. The van der Waals surface area contributed by atoms with E-state index in [0.717, 1.165) is 34.5 Å². The van der Waals surface area contributed by atoms with Gasteiger partial charge in [-0.1, -0.05) is 67.1 Å². The number of hydrogen-bond donors (Lipinski definition) is 1. The van der Waals surface area contributed by atoms with E-state index < -0.39 is 0 Å². The zero-order valence-electron chi connectivity index (χ0n) is 17.7. The average molecular weight is 431 g/mol. The fraction of sp³-hybridized carbons (Fsp3) is 0.231. The lowest BCUT2D eigenvalue weighted by Crippen LogP contribution is -2.27. The minimum absolute atomic E-state index is 0.0172. The molecular formula is C26H26N2O2S. The maximum Gasteiger partial charge on any atom is 0.238 e. The molecule has 31 heavy (non-hydrogen) atoms. The van der Waals surface area contributed by atoms with Gasteiger partial charge in [-0.2, -0.15) is 0 Å². The molecule has 1 N–H and O–H groups in total. The highest BCUT2D eigenvalue weighted by molar-refractivity contribution is 8.00. The Labute approximate surface area is 187 Å². The molecule has 0 spiro atoms. The average Bonchev–Trinajstić information content (AvgIpc) is 3.17. The molecule has 1 saturated heterocycles. The van der Waals surface area contributed by atoms with Gasteiger partial charge < -0.3 is 5.32 Å². The number of nitrogens with zero attached hydrogens (tertiary/aromatic N) is 1. The minimum Gasteiger partial charge on any atom is -0.326 e. The number of carbonyl (C=O) groups excluding carboxylic acids is 2. The summed E-state index contributed by atoms with van der Waals surface area (Å²) in [5.74, 6) is 0.331. The monoisotopic (exact) mass is 430 g/mol. The molecule has 0 saturated carbocycles. The van der Waals surface area contributed by atoms with Gasteiger partial charge in [0, 0.05) is 11.4 Å². The predicted molar refractivity (Wildman–Crippen MR) is 128 cm³/mol. The molecule has 1 aliphatic rings. The largest absolute Gasteiger partial charge is 0.326 e. The van der Waals surface area contributed by atoms with Crippen LogP contribution in [0.4, 0.5) is 11.4 Å². The van der Waals surface area contributed by atoms with E-state index in [9.17, 15) is 9.59 Å². The second kappa shape index (κ2) is 9.40. The van der Waals surface area contributed by atoms with Crippen molar-refractivity contribution in [2.45, 2.75) is 31.6 Å². The van der Waals surface area contributed by atoms with Crippen LogP contribution in [0.2, 0.25) is 0 Å². The topological polar surface area (TPSA) is 49.4 Å². The van der Waals surface area contributed by atoms with Crippen molar-refractivity contribution >= 4 is 35.0 Å². The van der Waals surface area contributed by atoms with E-state index in [0.29, 0.717) is 5.75 Å². The molecule has 0 radical (unpaired) electrons. The Morgan fingerprint density at radius 1 is 1.06 bits per heavy atom. The summed E-state index contributed by atoms with van der Waals surface area (Å²) in [4.78, 5) is 27.4. The molecule has 5 heteroatoms. The van der Waals surface area contributed by atoms with E-state index in [4.69, 9.17) is 0 Å². The maximum absolute atomic E-state index is 13.0. The molecule has 0 aliphatic carbocycles. The fourth-order valence-electron chi connectivity index (χ4n) is 3.91. The van der Waals surface area contributed by atoms with Crippen molar-refractivity contribution in [2.75, 3.05) is 16.0 Å². The SMILES string of the molecule is CC[C@H](C(=O)Nc1cccc([C@H]2SCC(=O)N2c2ccc(C)cc2)c1)c1ccccc1. The van der Waals surface area contributed by atoms with Crippen molar-refractivity contribution in [3.8, 4) is 0 Å². The lowest BCUT2D eigenvalue weighted by atomic mass is 9.95. The van der Waals surface area contributed by atoms with Crippen LogP contribution in [0.25, 0.3) is 0 Å². The number of benzene rings is 3. The van der Waals surface area contributed by atoms with Crippen LogP contribution in [0.15, 0.2) is 78.9 Å². The number of hydrogen-bond acceptors (Lipinski definition) is 3. The molecule has 1 fully saturated rings. The first kappa shape index (κ1) is 21.2. The highest BCUT2D eigenvalue weighted by Gasteiger charge is 2.34. The number of anilines is 2. The number of nitrogens with one attached hydrogen (secondary N) is 1. The van der Waals surface area contributed by atoms with Gasteiger partial charge in [0.25, 0.3) is 0 Å². The Morgan fingerprint density at radius 2 is 1.81 bits per heavy atom. The van der Waals surface area contributed by atoms with Gasteiger partial charge in [-0.25, -0.2) is 0 Å². The molecule has 3 aromatic carbocycles. The van der Waals surface area contributed by atoms with Crippen LogP contribution in [-0.2, 0) is 9.59 Å². The van der Waals surface area contributed by atoms with Crippen molar-refractivity contribution in [1.82, 2.24) is 0 Å². The molecule has 4 nitrogen and oxygen atoms in total. The zero-order valence-corrected chi connectivity index (χ0v) is 18.6. The van der Waals surface area contributed by atoms with E-state index in [2.05, 4.69) is 5.32 Å². The lowest BCUT2D eigenvalue weighted by Gasteiger charge is -2.25. The number of aryl methyl sites for hydroxylation is 1. The van der Waals surface area contributed by atoms with Gasteiger partial charge >= 0.3 is 0 Å². The Balaban J connectivity index is 1.55. The van der Waals surface area contributed by atoms with E-state index in [-0.39, 0.29) is 23.1 Å². The normalized spacial score (nSPS) is 16.9. The van der Waals surface area contributed by atoms with Gasteiger partial charge in [0.15, 0.2) is 0 Å². The summed E-state index contributed by atoms with van der Waals surface area (Å²) in [6.45, 7) is 4.06. The number of amides is 2. The van der Waals surface area contributed by atoms with Crippen LogP contribution >= 0.6 is 11.8 Å². The summed E-state index contributed by atoms with van der Waals surface area (Å²) in [5, 5.41) is 2.97. The summed E-state index contributed by atoms with van der Waals surface area (Å²) in [6.07, 6.45) is 0.726. The van der Waals surface area contributed by atoms with Crippen LogP contribution in [0, 0.1) is 6.92 Å². The Kier molecular flexibility index (Phi) is 6.42. The molecular weight excluding hydrogens is 404 g/mol. The van der Waals surface area contributed by atoms with Crippen molar-refractivity contribution < 1.29 is 9.59 Å². The van der Waals surface area contributed by atoms with Gasteiger partial charge in [0.2, 0.25) is 11.8 Å². The standard InChI is InChI=1S/C26H26N2O2S/c1-3-23(19-8-5-4-6-9-19)25(30)27-21-11-7-10-20(16-21)26-28(24(29)17-31-26)22-14-12-18(2)13-15-22/h4-16,23,26H,3,17H2,1-2H3,(H,27,30)/t23-,26+/m0/s1. The number of thioether (sulfide) groups is 1. The minimum atomic E-state index is -0.198. The van der Waals surface area contributed by atoms with Gasteiger partial charge in [0.05, 0.1) is 11.7 Å². The van der Waals surface area contributed by atoms with Gasteiger partial charge in [-0.05, 0) is 48.7 Å². The van der Waals surface area contributed by atoms with Crippen LogP contribution in [0.1, 0.15) is 41.3 Å². The number of carbonyl (C=O) groups is 2. The smallest absolute Gasteiger partial charge is 0.238 e. The van der Waals surface area contributed by atoms with Gasteiger partial charge in [0.1, 0.15) is 5.37 Å². The van der Waals surface area contributed by atoms with Crippen molar-refractivity contribution in [2.24, 2.45) is 0 Å². The maximum atomic E-state index is 13.0. The lowest BCUT2D eigenvalue weighted by molar-refractivity contribution is -0.118. The third kappa shape index (κ3) is 4.67. The summed E-state index contributed by atoms with van der Waals surface area (Å²) < 4.78 is 0. The van der Waals surface area contributed by atoms with Crippen LogP contribution in [-0.4, -0.2) is 17.6 Å². The van der Waals surface area contributed by atoms with Gasteiger partial charge in [-0.15, -0.1) is 11.8 Å². The van der Waals surface area contributed by atoms with Crippen molar-refractivity contribution in [3.63, 3.8) is 0 Å². The second-order valence-electron chi connectivity index (χ2n) is 7.75. The highest BCUT2D eigenvalue weighted by Crippen LogP contribution is 2.42. The van der Waals surface area contributed by atoms with E-state index in [1.165, 1.54) is 0 Å². The fourth-order valence-corrected chi connectivity index (χ4v) is 5.08. The van der Waals surface area contributed by atoms with Crippen LogP contribution in [0.5, 0.6) is 0 Å². The zero-order chi connectivity index (χ0) is 21.8. The van der Waals surface area contributed by atoms with Crippen LogP contribution < -0.4 is 10.2 Å². The first-order valence-electron chi connectivity index (χ1n) is 10.5. The third-order valence-corrected chi connectivity index (χ3v) is 6.76. The molecule has 2 atom stereocenters. The molecule has 0 bridgehead atoms. The Morgan fingerprint density at radius 3 is 2.52 bits per heavy atom. The molecule has 2 amide bonds.